The first-order valence-corrected chi connectivity index (χ1v) is 6.94. The van der Waals surface area contributed by atoms with Gasteiger partial charge >= 0.3 is 5.97 Å². The maximum absolute atomic E-state index is 12.0. The van der Waals surface area contributed by atoms with Gasteiger partial charge in [0, 0.05) is 4.47 Å². The number of rotatable bonds is 3. The Bertz CT molecular complexity index is 499. The van der Waals surface area contributed by atoms with E-state index in [1.54, 1.807) is 12.1 Å². The summed E-state index contributed by atoms with van der Waals surface area (Å²) in [7, 11) is 0. The number of carboxylic acid groups (broad SMARTS) is 1. The van der Waals surface area contributed by atoms with Gasteiger partial charge in [-0.05, 0) is 37.6 Å². The predicted octanol–water partition coefficient (Wildman–Crippen LogP) is 2.23. The van der Waals surface area contributed by atoms with Crippen LogP contribution in [-0.4, -0.2) is 29.6 Å². The Morgan fingerprint density at radius 3 is 2.79 bits per heavy atom. The van der Waals surface area contributed by atoms with Crippen LogP contribution in [0.1, 0.15) is 29.6 Å². The lowest BCUT2D eigenvalue weighted by atomic mass is 10.0. The molecule has 19 heavy (non-hydrogen) atoms. The molecule has 1 saturated heterocycles. The van der Waals surface area contributed by atoms with Crippen LogP contribution in [0.5, 0.6) is 0 Å². The highest BCUT2D eigenvalue weighted by Gasteiger charge is 2.22. The lowest BCUT2D eigenvalue weighted by Gasteiger charge is -2.22. The highest BCUT2D eigenvalue weighted by Crippen LogP contribution is 2.22. The Hall–Kier alpha value is -1.40. The summed E-state index contributed by atoms with van der Waals surface area (Å²) in [5, 5.41) is 14.9. The second-order valence-electron chi connectivity index (χ2n) is 4.49. The average molecular weight is 327 g/mol. The van der Waals surface area contributed by atoms with Crippen LogP contribution >= 0.6 is 15.9 Å². The van der Waals surface area contributed by atoms with E-state index >= 15 is 0 Å². The second kappa shape index (κ2) is 6.16. The number of aromatic carboxylic acids is 1. The van der Waals surface area contributed by atoms with Gasteiger partial charge in [0.1, 0.15) is 0 Å². The third-order valence-electron chi connectivity index (χ3n) is 3.10. The van der Waals surface area contributed by atoms with E-state index in [0.29, 0.717) is 10.2 Å². The Morgan fingerprint density at radius 2 is 2.16 bits per heavy atom. The fourth-order valence-corrected chi connectivity index (χ4v) is 2.46. The van der Waals surface area contributed by atoms with E-state index in [-0.39, 0.29) is 17.5 Å². The number of hydrogen-bond acceptors (Lipinski definition) is 3. The van der Waals surface area contributed by atoms with Crippen molar-refractivity contribution in [2.24, 2.45) is 0 Å². The number of carbonyl (C=O) groups is 2. The fraction of sp³-hybridized carbons (Fsp3) is 0.385. The summed E-state index contributed by atoms with van der Waals surface area (Å²) in [5.74, 6) is -1.24. The Labute approximate surface area is 119 Å². The maximum Gasteiger partial charge on any atom is 0.337 e. The molecule has 0 saturated carbocycles. The molecule has 1 aromatic carbocycles. The van der Waals surface area contributed by atoms with Crippen molar-refractivity contribution < 1.29 is 14.7 Å². The van der Waals surface area contributed by atoms with E-state index in [9.17, 15) is 9.59 Å². The van der Waals surface area contributed by atoms with Gasteiger partial charge in [-0.1, -0.05) is 22.4 Å². The van der Waals surface area contributed by atoms with Crippen LogP contribution in [-0.2, 0) is 4.79 Å². The van der Waals surface area contributed by atoms with Gasteiger partial charge in [0.15, 0.2) is 0 Å². The first-order valence-electron chi connectivity index (χ1n) is 6.15. The molecule has 5 nitrogen and oxygen atoms in total. The molecule has 0 spiro atoms. The zero-order valence-electron chi connectivity index (χ0n) is 10.3. The number of hydrogen-bond donors (Lipinski definition) is 3. The highest BCUT2D eigenvalue weighted by atomic mass is 79.9. The lowest BCUT2D eigenvalue weighted by molar-refractivity contribution is -0.118. The molecule has 102 valence electrons. The first-order chi connectivity index (χ1) is 9.08. The molecule has 1 heterocycles. The van der Waals surface area contributed by atoms with E-state index in [0.717, 1.165) is 25.8 Å². The number of amides is 1. The van der Waals surface area contributed by atoms with Crippen molar-refractivity contribution in [3.05, 3.63) is 28.2 Å². The smallest absolute Gasteiger partial charge is 0.337 e. The van der Waals surface area contributed by atoms with E-state index in [1.807, 2.05) is 0 Å². The van der Waals surface area contributed by atoms with Crippen molar-refractivity contribution >= 4 is 33.5 Å². The summed E-state index contributed by atoms with van der Waals surface area (Å²) in [5.41, 5.74) is 0.409. The van der Waals surface area contributed by atoms with Crippen molar-refractivity contribution in [3.63, 3.8) is 0 Å². The molecular formula is C13H15BrN2O3. The summed E-state index contributed by atoms with van der Waals surface area (Å²) < 4.78 is 0.665. The van der Waals surface area contributed by atoms with E-state index in [4.69, 9.17) is 5.11 Å². The van der Waals surface area contributed by atoms with Gasteiger partial charge in [0.05, 0.1) is 17.3 Å². The normalized spacial score (nSPS) is 18.9. The zero-order valence-corrected chi connectivity index (χ0v) is 11.9. The predicted molar refractivity (Wildman–Crippen MR) is 75.4 cm³/mol. The van der Waals surface area contributed by atoms with Crippen molar-refractivity contribution in [1.29, 1.82) is 0 Å². The van der Waals surface area contributed by atoms with Crippen molar-refractivity contribution in [2.75, 3.05) is 11.9 Å². The average Bonchev–Trinajstić information content (AvgIpc) is 2.41. The second-order valence-corrected chi connectivity index (χ2v) is 5.40. The molecule has 1 amide bonds. The fourth-order valence-electron chi connectivity index (χ4n) is 2.10. The summed E-state index contributed by atoms with van der Waals surface area (Å²) in [6.45, 7) is 0.824. The summed E-state index contributed by atoms with van der Waals surface area (Å²) in [6, 6.07) is 4.54. The molecule has 0 aromatic heterocycles. The molecule has 0 unspecified atom stereocenters. The van der Waals surface area contributed by atoms with Gasteiger partial charge in [-0.2, -0.15) is 0 Å². The summed E-state index contributed by atoms with van der Waals surface area (Å²) >= 11 is 3.22. The number of benzene rings is 1. The Kier molecular flexibility index (Phi) is 4.55. The molecule has 1 atom stereocenters. The lowest BCUT2D eigenvalue weighted by Crippen LogP contribution is -2.43. The van der Waals surface area contributed by atoms with E-state index < -0.39 is 5.97 Å². The monoisotopic (exact) mass is 326 g/mol. The van der Waals surface area contributed by atoms with Crippen molar-refractivity contribution in [2.45, 2.75) is 25.3 Å². The number of carboxylic acids is 1. The van der Waals surface area contributed by atoms with E-state index in [2.05, 4.69) is 26.6 Å². The van der Waals surface area contributed by atoms with Crippen LogP contribution in [0.15, 0.2) is 22.7 Å². The van der Waals surface area contributed by atoms with Gasteiger partial charge in [0.2, 0.25) is 5.91 Å². The molecule has 1 aromatic rings. The van der Waals surface area contributed by atoms with Gasteiger partial charge < -0.3 is 15.7 Å². The quantitative estimate of drug-likeness (QED) is 0.795. The molecule has 1 fully saturated rings. The van der Waals surface area contributed by atoms with Crippen LogP contribution in [0.2, 0.25) is 0 Å². The SMILES string of the molecule is O=C(O)c1cc(Br)ccc1NC(=O)[C@@H]1CCCCN1. The highest BCUT2D eigenvalue weighted by molar-refractivity contribution is 9.10. The van der Waals surface area contributed by atoms with Gasteiger partial charge in [-0.25, -0.2) is 4.79 Å². The number of anilines is 1. The Balaban J connectivity index is 2.13. The van der Waals surface area contributed by atoms with Crippen LogP contribution in [0, 0.1) is 0 Å². The summed E-state index contributed by atoms with van der Waals surface area (Å²) in [6.07, 6.45) is 2.87. The number of carbonyl (C=O) groups excluding carboxylic acids is 1. The van der Waals surface area contributed by atoms with E-state index in [1.165, 1.54) is 6.07 Å². The molecule has 0 aliphatic carbocycles. The molecule has 2 rings (SSSR count). The van der Waals surface area contributed by atoms with Gasteiger partial charge in [0.25, 0.3) is 0 Å². The number of halogens is 1. The van der Waals surface area contributed by atoms with Crippen LogP contribution in [0.4, 0.5) is 5.69 Å². The first kappa shape index (κ1) is 14.0. The minimum Gasteiger partial charge on any atom is -0.478 e. The van der Waals surface area contributed by atoms with Gasteiger partial charge in [-0.15, -0.1) is 0 Å². The third-order valence-corrected chi connectivity index (χ3v) is 3.59. The van der Waals surface area contributed by atoms with Crippen LogP contribution < -0.4 is 10.6 Å². The minimum atomic E-state index is -1.06. The molecule has 0 bridgehead atoms. The van der Waals surface area contributed by atoms with Crippen molar-refractivity contribution in [3.8, 4) is 0 Å². The molecule has 3 N–H and O–H groups in total. The van der Waals surface area contributed by atoms with Crippen LogP contribution in [0.3, 0.4) is 0 Å². The largest absolute Gasteiger partial charge is 0.478 e. The standard InChI is InChI=1S/C13H15BrN2O3/c14-8-4-5-10(9(7-8)13(18)19)16-12(17)11-3-1-2-6-15-11/h4-5,7,11,15H,1-3,6H2,(H,16,17)(H,18,19)/t11-/m0/s1. The molecule has 1 aliphatic heterocycles. The molecule has 6 heteroatoms. The topological polar surface area (TPSA) is 78.4 Å². The summed E-state index contributed by atoms with van der Waals surface area (Å²) in [4.78, 5) is 23.2. The Morgan fingerprint density at radius 1 is 1.37 bits per heavy atom. The number of nitrogens with one attached hydrogen (secondary N) is 2. The number of piperidine rings is 1. The minimum absolute atomic E-state index is 0.0820. The van der Waals surface area contributed by atoms with Crippen LogP contribution in [0.25, 0.3) is 0 Å². The van der Waals surface area contributed by atoms with Crippen molar-refractivity contribution in [1.82, 2.24) is 5.32 Å². The molecule has 0 radical (unpaired) electrons. The molecule has 1 aliphatic rings. The molecular weight excluding hydrogens is 312 g/mol. The zero-order chi connectivity index (χ0) is 13.8. The van der Waals surface area contributed by atoms with Gasteiger partial charge in [-0.3, -0.25) is 4.79 Å². The maximum atomic E-state index is 12.0. The third kappa shape index (κ3) is 3.54.